The Balaban J connectivity index is 3.71. The fraction of sp³-hybridized carbons (Fsp3) is 0.833. The molecule has 0 aromatic rings. The summed E-state index contributed by atoms with van der Waals surface area (Å²) in [5, 5.41) is 2.09. The Morgan fingerprint density at radius 3 is 2.36 bits per heavy atom. The number of hydrogen-bond donors (Lipinski definition) is 1. The highest BCUT2D eigenvalue weighted by Gasteiger charge is 2.23. The molecule has 5 heteroatoms. The molecule has 0 bridgehead atoms. The fourth-order valence-electron chi connectivity index (χ4n) is 0.380. The van der Waals surface area contributed by atoms with Gasteiger partial charge >= 0.3 is 0 Å². The van der Waals surface area contributed by atoms with E-state index in [-0.39, 0.29) is 0 Å². The summed E-state index contributed by atoms with van der Waals surface area (Å²) in [6.45, 7) is 2.59. The largest absolute Gasteiger partial charge is 0.349 e. The van der Waals surface area contributed by atoms with Crippen LogP contribution in [0.15, 0.2) is 0 Å². The van der Waals surface area contributed by atoms with Gasteiger partial charge in [0.05, 0.1) is 10.9 Å². The Bertz CT molecular complexity index is 144. The predicted molar refractivity (Wildman–Crippen MR) is 42.0 cm³/mol. The highest BCUT2D eigenvalue weighted by molar-refractivity contribution is 9.10. The first kappa shape index (κ1) is 10.8. The molecule has 11 heavy (non-hydrogen) atoms. The number of carbonyl (C=O) groups is 1. The maximum Gasteiger partial charge on any atom is 0.255 e. The summed E-state index contributed by atoms with van der Waals surface area (Å²) in [5.41, 5.74) is 0. The van der Waals surface area contributed by atoms with Crippen molar-refractivity contribution in [3.63, 3.8) is 0 Å². The number of carbonyl (C=O) groups excluding carboxylic acids is 1. The Kier molecular flexibility index (Phi) is 3.92. The Morgan fingerprint density at radius 1 is 1.64 bits per heavy atom. The molecule has 2 nitrogen and oxygen atoms in total. The second-order valence-electron chi connectivity index (χ2n) is 2.57. The second kappa shape index (κ2) is 3.99. The number of nitrogens with one attached hydrogen (secondary N) is 1. The maximum absolute atomic E-state index is 11.6. The van der Waals surface area contributed by atoms with Crippen molar-refractivity contribution in [2.75, 3.05) is 6.54 Å². The highest BCUT2D eigenvalue weighted by Crippen LogP contribution is 2.15. The summed E-state index contributed by atoms with van der Waals surface area (Å²) >= 11 is 3.04. The zero-order valence-corrected chi connectivity index (χ0v) is 7.91. The summed E-state index contributed by atoms with van der Waals surface area (Å²) < 4.78 is 22.3. The summed E-state index contributed by atoms with van der Waals surface area (Å²) in [7, 11) is 0. The number of halogens is 3. The molecular formula is C6H10BrF2NO. The van der Waals surface area contributed by atoms with Gasteiger partial charge in [-0.25, -0.2) is 8.78 Å². The van der Waals surface area contributed by atoms with E-state index in [4.69, 9.17) is 0 Å². The molecule has 0 aromatic carbocycles. The molecule has 0 aliphatic heterocycles. The predicted octanol–water partition coefficient (Wildman–Crippen LogP) is 1.54. The topological polar surface area (TPSA) is 29.1 Å². The minimum atomic E-state index is -2.49. The molecule has 0 aliphatic rings. The molecule has 0 saturated heterocycles. The molecule has 0 saturated carbocycles. The number of rotatable bonds is 3. The van der Waals surface area contributed by atoms with Crippen molar-refractivity contribution in [3.05, 3.63) is 0 Å². The molecule has 0 fully saturated rings. The van der Waals surface area contributed by atoms with Gasteiger partial charge < -0.3 is 5.32 Å². The second-order valence-corrected chi connectivity index (χ2v) is 4.56. The van der Waals surface area contributed by atoms with E-state index in [0.29, 0.717) is 0 Å². The lowest BCUT2D eigenvalue weighted by molar-refractivity contribution is -0.123. The fourth-order valence-corrected chi connectivity index (χ4v) is 0.520. The standard InChI is InChI=1S/C6H10BrF2NO/c1-6(2,7)5(11)10-3-4(8)9/h4H,3H2,1-2H3,(H,10,11). The van der Waals surface area contributed by atoms with E-state index in [1.54, 1.807) is 13.8 Å². The van der Waals surface area contributed by atoms with Gasteiger partial charge in [0.2, 0.25) is 5.91 Å². The van der Waals surface area contributed by atoms with Crippen molar-refractivity contribution in [3.8, 4) is 0 Å². The third kappa shape index (κ3) is 5.12. The first-order valence-corrected chi connectivity index (χ1v) is 3.88. The number of amides is 1. The van der Waals surface area contributed by atoms with Gasteiger partial charge in [0.15, 0.2) is 0 Å². The van der Waals surface area contributed by atoms with Crippen LogP contribution in [0.25, 0.3) is 0 Å². The van der Waals surface area contributed by atoms with Crippen LogP contribution in [0, 0.1) is 0 Å². The minimum absolute atomic E-state index is 0.433. The Labute approximate surface area is 72.5 Å². The van der Waals surface area contributed by atoms with Crippen LogP contribution in [0.5, 0.6) is 0 Å². The third-order valence-corrected chi connectivity index (χ3v) is 1.32. The summed E-state index contributed by atoms with van der Waals surface area (Å²) in [4.78, 5) is 10.9. The lowest BCUT2D eigenvalue weighted by Gasteiger charge is -2.15. The zero-order chi connectivity index (χ0) is 9.07. The van der Waals surface area contributed by atoms with Gasteiger partial charge in [-0.15, -0.1) is 0 Å². The van der Waals surface area contributed by atoms with Crippen LogP contribution in [0.3, 0.4) is 0 Å². The summed E-state index contributed by atoms with van der Waals surface area (Å²) in [5.74, 6) is -0.433. The normalized spacial score (nSPS) is 11.8. The van der Waals surface area contributed by atoms with Crippen molar-refractivity contribution in [2.24, 2.45) is 0 Å². The highest BCUT2D eigenvalue weighted by atomic mass is 79.9. The molecule has 1 N–H and O–H groups in total. The van der Waals surface area contributed by atoms with E-state index in [1.807, 2.05) is 0 Å². The molecule has 66 valence electrons. The van der Waals surface area contributed by atoms with E-state index in [2.05, 4.69) is 21.2 Å². The molecule has 0 spiro atoms. The molecule has 0 aliphatic carbocycles. The SMILES string of the molecule is CC(C)(Br)C(=O)NCC(F)F. The number of hydrogen-bond acceptors (Lipinski definition) is 1. The molecular weight excluding hydrogens is 220 g/mol. The van der Waals surface area contributed by atoms with E-state index in [9.17, 15) is 13.6 Å². The Hall–Kier alpha value is -0.190. The van der Waals surface area contributed by atoms with Crippen molar-refractivity contribution < 1.29 is 13.6 Å². The van der Waals surface area contributed by atoms with Crippen LogP contribution in [-0.2, 0) is 4.79 Å². The van der Waals surface area contributed by atoms with Crippen LogP contribution in [0.4, 0.5) is 8.78 Å². The first-order chi connectivity index (χ1) is 4.84. The van der Waals surface area contributed by atoms with Gasteiger partial charge in [0, 0.05) is 0 Å². The summed E-state index contributed by atoms with van der Waals surface area (Å²) in [6.07, 6.45) is -2.49. The first-order valence-electron chi connectivity index (χ1n) is 3.09. The number of alkyl halides is 3. The van der Waals surface area contributed by atoms with Gasteiger partial charge in [-0.2, -0.15) is 0 Å². The zero-order valence-electron chi connectivity index (χ0n) is 6.33. The quantitative estimate of drug-likeness (QED) is 0.732. The third-order valence-electron chi connectivity index (χ3n) is 0.957. The van der Waals surface area contributed by atoms with Crippen LogP contribution in [0.2, 0.25) is 0 Å². The van der Waals surface area contributed by atoms with Gasteiger partial charge in [0.25, 0.3) is 6.43 Å². The molecule has 0 heterocycles. The van der Waals surface area contributed by atoms with Gasteiger partial charge in [-0.1, -0.05) is 15.9 Å². The van der Waals surface area contributed by atoms with E-state index in [1.165, 1.54) is 0 Å². The van der Waals surface area contributed by atoms with Gasteiger partial charge in [-0.3, -0.25) is 4.79 Å². The van der Waals surface area contributed by atoms with Crippen molar-refractivity contribution in [1.82, 2.24) is 5.32 Å². The van der Waals surface area contributed by atoms with Crippen LogP contribution < -0.4 is 5.32 Å². The van der Waals surface area contributed by atoms with Crippen LogP contribution in [0.1, 0.15) is 13.8 Å². The van der Waals surface area contributed by atoms with Crippen molar-refractivity contribution >= 4 is 21.8 Å². The van der Waals surface area contributed by atoms with Crippen LogP contribution >= 0.6 is 15.9 Å². The molecule has 0 atom stereocenters. The van der Waals surface area contributed by atoms with E-state index >= 15 is 0 Å². The lowest BCUT2D eigenvalue weighted by atomic mass is 10.2. The van der Waals surface area contributed by atoms with E-state index in [0.717, 1.165) is 0 Å². The molecule has 0 radical (unpaired) electrons. The average molecular weight is 230 g/mol. The average Bonchev–Trinajstić information content (AvgIpc) is 1.80. The smallest absolute Gasteiger partial charge is 0.255 e. The minimum Gasteiger partial charge on any atom is -0.349 e. The Morgan fingerprint density at radius 2 is 2.09 bits per heavy atom. The van der Waals surface area contributed by atoms with Crippen molar-refractivity contribution in [2.45, 2.75) is 24.6 Å². The van der Waals surface area contributed by atoms with Crippen molar-refractivity contribution in [1.29, 1.82) is 0 Å². The summed E-state index contributed by atoms with van der Waals surface area (Å²) in [6, 6.07) is 0. The van der Waals surface area contributed by atoms with E-state index < -0.39 is 23.2 Å². The molecule has 0 unspecified atom stereocenters. The monoisotopic (exact) mass is 229 g/mol. The maximum atomic E-state index is 11.6. The molecule has 0 aromatic heterocycles. The van der Waals surface area contributed by atoms with Gasteiger partial charge in [-0.05, 0) is 13.8 Å². The van der Waals surface area contributed by atoms with Gasteiger partial charge in [0.1, 0.15) is 0 Å². The lowest BCUT2D eigenvalue weighted by Crippen LogP contribution is -2.39. The molecule has 1 amide bonds. The molecule has 0 rings (SSSR count). The van der Waals surface area contributed by atoms with Crippen LogP contribution in [-0.4, -0.2) is 23.2 Å².